The normalized spacial score (nSPS) is 17.0. The molecule has 1 amide bonds. The number of halogens is 9. The number of amides is 1. The molecule has 2 saturated heterocycles. The first kappa shape index (κ1) is 41.9. The maximum Gasteiger partial charge on any atom is 0.416 e. The Morgan fingerprint density at radius 2 is 1.11 bits per heavy atom. The molecule has 57 heavy (non-hydrogen) atoms. The highest BCUT2D eigenvalue weighted by atomic mass is 19.4. The molecule has 4 aromatic carbocycles. The minimum atomic E-state index is -4.52. The van der Waals surface area contributed by atoms with E-state index in [0.717, 1.165) is 73.5 Å². The number of carbonyl (C=O) groups excluding carboxylic acids is 1. The van der Waals surface area contributed by atoms with Crippen molar-refractivity contribution >= 4 is 17.3 Å². The number of nitrogens with zero attached hydrogens (tertiary/aromatic N) is 3. The summed E-state index contributed by atoms with van der Waals surface area (Å²) in [5.74, 6) is -0.651. The quantitative estimate of drug-likeness (QED) is 0.131. The van der Waals surface area contributed by atoms with Crippen LogP contribution < -0.4 is 20.4 Å². The summed E-state index contributed by atoms with van der Waals surface area (Å²) < 4.78 is 116. The van der Waals surface area contributed by atoms with Gasteiger partial charge in [0, 0.05) is 63.7 Å². The molecule has 306 valence electrons. The first-order valence-corrected chi connectivity index (χ1v) is 18.9. The lowest BCUT2D eigenvalue weighted by molar-refractivity contribution is -0.141. The Hall–Kier alpha value is -4.76. The lowest BCUT2D eigenvalue weighted by atomic mass is 9.73. The number of fused-ring (bicyclic) bond motifs is 3. The monoisotopic (exact) mass is 805 g/mol. The van der Waals surface area contributed by atoms with Crippen molar-refractivity contribution in [2.24, 2.45) is 0 Å². The molecule has 0 spiro atoms. The van der Waals surface area contributed by atoms with Gasteiger partial charge in [0.05, 0.1) is 11.1 Å². The molecule has 4 aromatic rings. The Morgan fingerprint density at radius 1 is 0.614 bits per heavy atom. The molecule has 2 N–H and O–H groups in total. The molecular weight excluding hydrogens is 761 g/mol. The highest BCUT2D eigenvalue weighted by Crippen LogP contribution is 2.51. The number of anilines is 2. The highest BCUT2D eigenvalue weighted by molar-refractivity contribution is 6.00. The second-order valence-corrected chi connectivity index (χ2v) is 14.4. The molecule has 2 heterocycles. The molecule has 3 aliphatic rings. The third kappa shape index (κ3) is 10.0. The van der Waals surface area contributed by atoms with Crippen molar-refractivity contribution < 1.29 is 44.3 Å². The van der Waals surface area contributed by atoms with Crippen LogP contribution >= 0.6 is 0 Å². The van der Waals surface area contributed by atoms with Crippen molar-refractivity contribution in [2.75, 3.05) is 75.2 Å². The Kier molecular flexibility index (Phi) is 12.8. The van der Waals surface area contributed by atoms with Gasteiger partial charge in [-0.2, -0.15) is 39.5 Å². The second-order valence-electron chi connectivity index (χ2n) is 14.4. The van der Waals surface area contributed by atoms with Crippen LogP contribution in [0.25, 0.3) is 11.1 Å². The van der Waals surface area contributed by atoms with Gasteiger partial charge in [-0.1, -0.05) is 67.1 Å². The molecule has 0 bridgehead atoms. The van der Waals surface area contributed by atoms with Crippen LogP contribution in [0, 0.1) is 0 Å². The summed E-state index contributed by atoms with van der Waals surface area (Å²) in [5.41, 5.74) is 1.88. The fraction of sp³-hybridized carbons (Fsp3) is 0.405. The van der Waals surface area contributed by atoms with Crippen molar-refractivity contribution in [1.29, 1.82) is 0 Å². The van der Waals surface area contributed by atoms with Crippen LogP contribution in [0.3, 0.4) is 0 Å². The van der Waals surface area contributed by atoms with E-state index in [9.17, 15) is 44.3 Å². The maximum atomic E-state index is 13.6. The highest BCUT2D eigenvalue weighted by Gasteiger charge is 2.49. The van der Waals surface area contributed by atoms with E-state index in [4.69, 9.17) is 0 Å². The summed E-state index contributed by atoms with van der Waals surface area (Å²) in [5, 5.41) is 5.33. The van der Waals surface area contributed by atoms with Crippen LogP contribution in [0.5, 0.6) is 0 Å². The van der Waals surface area contributed by atoms with E-state index in [2.05, 4.69) is 15.5 Å². The zero-order valence-corrected chi connectivity index (χ0v) is 31.1. The van der Waals surface area contributed by atoms with Crippen LogP contribution in [0.1, 0.15) is 41.5 Å². The van der Waals surface area contributed by atoms with E-state index in [1.165, 1.54) is 24.3 Å². The molecule has 6 nitrogen and oxygen atoms in total. The van der Waals surface area contributed by atoms with Gasteiger partial charge >= 0.3 is 18.5 Å². The van der Waals surface area contributed by atoms with Gasteiger partial charge in [0.15, 0.2) is 0 Å². The van der Waals surface area contributed by atoms with Gasteiger partial charge in [-0.15, -0.1) is 0 Å². The Morgan fingerprint density at radius 3 is 1.60 bits per heavy atom. The average Bonchev–Trinajstić information content (AvgIpc) is 3.49. The van der Waals surface area contributed by atoms with Crippen molar-refractivity contribution in [1.82, 2.24) is 15.5 Å². The summed E-state index contributed by atoms with van der Waals surface area (Å²) in [4.78, 5) is 19.7. The van der Waals surface area contributed by atoms with Crippen molar-refractivity contribution in [3.8, 4) is 11.1 Å². The SMILES string of the molecule is FC(F)(F)c1cccc(N2CCNCC2)c1.O=C(NCC(F)(F)F)C1(CCCCN2CCN(c3cccc(C(F)(F)F)c3)CC2)c2ccccc2-c2ccccc21. The lowest BCUT2D eigenvalue weighted by Gasteiger charge is -2.36. The molecule has 15 heteroatoms. The molecule has 0 radical (unpaired) electrons. The van der Waals surface area contributed by atoms with E-state index in [0.29, 0.717) is 50.4 Å². The van der Waals surface area contributed by atoms with E-state index >= 15 is 0 Å². The minimum Gasteiger partial charge on any atom is -0.369 e. The Balaban J connectivity index is 0.000000286. The minimum absolute atomic E-state index is 0.356. The lowest BCUT2D eigenvalue weighted by Crippen LogP contribution is -2.47. The zero-order chi connectivity index (χ0) is 40.8. The number of unbranched alkanes of at least 4 members (excludes halogenated alkanes) is 1. The number of rotatable bonds is 9. The first-order valence-electron chi connectivity index (χ1n) is 18.9. The van der Waals surface area contributed by atoms with E-state index in [1.807, 2.05) is 46.2 Å². The summed E-state index contributed by atoms with van der Waals surface area (Å²) in [6.45, 7) is 5.00. The maximum absolute atomic E-state index is 13.6. The number of piperazine rings is 2. The molecule has 2 fully saturated rings. The number of benzene rings is 4. The van der Waals surface area contributed by atoms with Crippen LogP contribution in [0.4, 0.5) is 50.9 Å². The number of hydrogen-bond acceptors (Lipinski definition) is 5. The standard InChI is InChI=1S/C31H31F6N3O.C11H13F3N2/c32-30(33,34)21-38-28(41)29(26-12-3-1-10-24(26)25-11-2-4-13-27(25)29)14-5-6-15-39-16-18-40(19-17-39)23-9-7-8-22(20-23)31(35,36)37;12-11(13,14)9-2-1-3-10(8-9)16-6-4-15-5-7-16/h1-4,7-13,20H,5-6,14-19,21H2,(H,38,41);1-3,8,15H,4-7H2. The third-order valence-electron chi connectivity index (χ3n) is 10.7. The van der Waals surface area contributed by atoms with E-state index in [1.54, 1.807) is 24.3 Å². The van der Waals surface area contributed by atoms with E-state index in [-0.39, 0.29) is 0 Å². The predicted octanol–water partition coefficient (Wildman–Crippen LogP) is 8.76. The van der Waals surface area contributed by atoms with E-state index < -0.39 is 47.5 Å². The second kappa shape index (κ2) is 17.4. The molecule has 0 atom stereocenters. The van der Waals surface area contributed by atoms with Crippen LogP contribution in [-0.4, -0.2) is 82.4 Å². The molecule has 1 aliphatic carbocycles. The summed E-state index contributed by atoms with van der Waals surface area (Å²) >= 11 is 0. The van der Waals surface area contributed by atoms with Gasteiger partial charge in [0.1, 0.15) is 12.0 Å². The third-order valence-corrected chi connectivity index (χ3v) is 10.7. The van der Waals surface area contributed by atoms with Gasteiger partial charge in [-0.05, 0) is 78.0 Å². The topological polar surface area (TPSA) is 50.9 Å². The fourth-order valence-electron chi connectivity index (χ4n) is 7.92. The average molecular weight is 806 g/mol. The van der Waals surface area contributed by atoms with Gasteiger partial charge in [0.2, 0.25) is 5.91 Å². The van der Waals surface area contributed by atoms with Crippen LogP contribution in [0.2, 0.25) is 0 Å². The molecule has 0 aromatic heterocycles. The zero-order valence-electron chi connectivity index (χ0n) is 31.1. The molecule has 2 aliphatic heterocycles. The van der Waals surface area contributed by atoms with Gasteiger partial charge in [0.25, 0.3) is 0 Å². The van der Waals surface area contributed by atoms with Gasteiger partial charge < -0.3 is 20.4 Å². The number of carbonyl (C=O) groups is 1. The smallest absolute Gasteiger partial charge is 0.369 e. The molecule has 0 saturated carbocycles. The Labute approximate surface area is 325 Å². The molecular formula is C42H44F9N5O. The number of nitrogens with one attached hydrogen (secondary N) is 2. The van der Waals surface area contributed by atoms with Crippen LogP contribution in [0.15, 0.2) is 97.1 Å². The summed E-state index contributed by atoms with van der Waals surface area (Å²) in [7, 11) is 0. The first-order chi connectivity index (χ1) is 27.1. The van der Waals surface area contributed by atoms with Crippen molar-refractivity contribution in [2.45, 2.75) is 43.2 Å². The van der Waals surface area contributed by atoms with Crippen LogP contribution in [-0.2, 0) is 22.6 Å². The van der Waals surface area contributed by atoms with Crippen molar-refractivity contribution in [3.05, 3.63) is 119 Å². The fourth-order valence-corrected chi connectivity index (χ4v) is 7.92. The number of alkyl halides is 9. The van der Waals surface area contributed by atoms with Gasteiger partial charge in [-0.25, -0.2) is 0 Å². The summed E-state index contributed by atoms with van der Waals surface area (Å²) in [6, 6.07) is 25.6. The Bertz CT molecular complexity index is 1920. The summed E-state index contributed by atoms with van der Waals surface area (Å²) in [6.07, 6.45) is -11.5. The van der Waals surface area contributed by atoms with Crippen molar-refractivity contribution in [3.63, 3.8) is 0 Å². The molecule has 7 rings (SSSR count). The number of hydrogen-bond donors (Lipinski definition) is 2. The van der Waals surface area contributed by atoms with Gasteiger partial charge in [-0.3, -0.25) is 9.69 Å². The molecule has 0 unspecified atom stereocenters. The predicted molar refractivity (Wildman–Crippen MR) is 202 cm³/mol. The largest absolute Gasteiger partial charge is 0.416 e.